The van der Waals surface area contributed by atoms with Gasteiger partial charge in [0.15, 0.2) is 0 Å². The Kier molecular flexibility index (Phi) is 6.95. The van der Waals surface area contributed by atoms with Gasteiger partial charge in [0, 0.05) is 59.4 Å². The Morgan fingerprint density at radius 1 is 1.00 bits per heavy atom. The van der Waals surface area contributed by atoms with Crippen molar-refractivity contribution >= 4 is 35.1 Å². The minimum absolute atomic E-state index is 0.559. The van der Waals surface area contributed by atoms with Gasteiger partial charge >= 0.3 is 0 Å². The number of nitrogens with zero attached hydrogens (tertiary/aromatic N) is 5. The fourth-order valence-corrected chi connectivity index (χ4v) is 4.31. The Morgan fingerprint density at radius 2 is 1.79 bits per heavy atom. The molecule has 0 atom stereocenters. The first-order chi connectivity index (χ1) is 18.5. The Morgan fingerprint density at radius 3 is 2.47 bits per heavy atom. The summed E-state index contributed by atoms with van der Waals surface area (Å²) in [7, 11) is 5.19. The maximum atomic E-state index is 5.57. The number of methoxy groups -OCH3 is 2. The van der Waals surface area contributed by atoms with Crippen LogP contribution in [0.1, 0.15) is 12.6 Å². The summed E-state index contributed by atoms with van der Waals surface area (Å²) in [5, 5.41) is 6.18. The van der Waals surface area contributed by atoms with Gasteiger partial charge in [0.1, 0.15) is 11.5 Å². The van der Waals surface area contributed by atoms with Gasteiger partial charge in [0.25, 0.3) is 0 Å². The quantitative estimate of drug-likeness (QED) is 0.334. The van der Waals surface area contributed by atoms with Gasteiger partial charge in [-0.15, -0.1) is 0 Å². The summed E-state index contributed by atoms with van der Waals surface area (Å²) in [6.45, 7) is 6.75. The molecule has 192 valence electrons. The lowest BCUT2D eigenvalue weighted by Gasteiger charge is -2.26. The van der Waals surface area contributed by atoms with E-state index in [4.69, 9.17) is 14.5 Å². The van der Waals surface area contributed by atoms with E-state index in [2.05, 4.69) is 38.7 Å². The number of anilines is 2. The summed E-state index contributed by atoms with van der Waals surface area (Å²) in [4.78, 5) is 15.2. The monoisotopic (exact) mass is 506 g/mol. The fraction of sp³-hybridized carbons (Fsp3) is 0.167. The van der Waals surface area contributed by atoms with Crippen molar-refractivity contribution in [2.24, 2.45) is 7.05 Å². The SMILES string of the molecule is C=c1cc(CN(c2cc(OC)cc(OC)c2)c2ccc3ncc(-c4cnn(C)c4)nc3c2)[nH]/c1=C/C=C\C. The van der Waals surface area contributed by atoms with Crippen molar-refractivity contribution in [1.82, 2.24) is 24.7 Å². The van der Waals surface area contributed by atoms with Crippen molar-refractivity contribution in [3.05, 3.63) is 89.5 Å². The zero-order valence-corrected chi connectivity index (χ0v) is 22.0. The zero-order valence-electron chi connectivity index (χ0n) is 22.0. The predicted molar refractivity (Wildman–Crippen MR) is 152 cm³/mol. The molecule has 8 nitrogen and oxygen atoms in total. The van der Waals surface area contributed by atoms with Crippen LogP contribution in [0.3, 0.4) is 0 Å². The van der Waals surface area contributed by atoms with Crippen LogP contribution in [-0.2, 0) is 13.6 Å². The number of benzene rings is 2. The van der Waals surface area contributed by atoms with Crippen molar-refractivity contribution in [2.75, 3.05) is 19.1 Å². The average Bonchev–Trinajstić information content (AvgIpc) is 3.54. The number of H-pyrrole nitrogens is 1. The highest BCUT2D eigenvalue weighted by molar-refractivity contribution is 5.82. The molecule has 8 heteroatoms. The summed E-state index contributed by atoms with van der Waals surface area (Å²) in [6, 6.07) is 14.0. The molecule has 0 bridgehead atoms. The van der Waals surface area contributed by atoms with Crippen LogP contribution in [0.4, 0.5) is 11.4 Å². The topological polar surface area (TPSA) is 81.1 Å². The number of hydrogen-bond donors (Lipinski definition) is 1. The minimum atomic E-state index is 0.559. The first kappa shape index (κ1) is 24.8. The maximum Gasteiger partial charge on any atom is 0.124 e. The van der Waals surface area contributed by atoms with E-state index < -0.39 is 0 Å². The molecular formula is C30H30N6O2. The number of allylic oxidation sites excluding steroid dienone is 2. The molecule has 0 spiro atoms. The van der Waals surface area contributed by atoms with Crippen molar-refractivity contribution in [3.8, 4) is 22.8 Å². The molecule has 0 saturated carbocycles. The van der Waals surface area contributed by atoms with Crippen LogP contribution in [0.2, 0.25) is 0 Å². The summed E-state index contributed by atoms with van der Waals surface area (Å²) < 4.78 is 12.9. The van der Waals surface area contributed by atoms with E-state index >= 15 is 0 Å². The summed E-state index contributed by atoms with van der Waals surface area (Å²) in [5.74, 6) is 1.41. The molecule has 3 heterocycles. The second kappa shape index (κ2) is 10.6. The Labute approximate surface area is 221 Å². The van der Waals surface area contributed by atoms with E-state index in [1.807, 2.05) is 68.7 Å². The highest BCUT2D eigenvalue weighted by Gasteiger charge is 2.16. The molecule has 5 aromatic rings. The molecule has 0 unspecified atom stereocenters. The molecular weight excluding hydrogens is 476 g/mol. The number of ether oxygens (including phenoxy) is 2. The number of rotatable bonds is 8. The molecule has 0 saturated heterocycles. The minimum Gasteiger partial charge on any atom is -0.497 e. The molecule has 1 N–H and O–H groups in total. The van der Waals surface area contributed by atoms with E-state index in [1.165, 1.54) is 0 Å². The number of aromatic nitrogens is 5. The van der Waals surface area contributed by atoms with Gasteiger partial charge in [-0.3, -0.25) is 9.67 Å². The highest BCUT2D eigenvalue weighted by Crippen LogP contribution is 2.35. The molecule has 0 aliphatic carbocycles. The second-order valence-corrected chi connectivity index (χ2v) is 8.91. The average molecular weight is 507 g/mol. The molecule has 2 aromatic carbocycles. The molecule has 38 heavy (non-hydrogen) atoms. The van der Waals surface area contributed by atoms with E-state index in [-0.39, 0.29) is 0 Å². The third kappa shape index (κ3) is 5.15. The Balaban J connectivity index is 1.63. The molecule has 0 amide bonds. The lowest BCUT2D eigenvalue weighted by Crippen LogP contribution is -2.20. The van der Waals surface area contributed by atoms with Crippen molar-refractivity contribution in [3.63, 3.8) is 0 Å². The Bertz CT molecular complexity index is 1710. The van der Waals surface area contributed by atoms with Crippen LogP contribution in [0.15, 0.2) is 73.2 Å². The van der Waals surface area contributed by atoms with Crippen molar-refractivity contribution < 1.29 is 9.47 Å². The lowest BCUT2D eigenvalue weighted by atomic mass is 10.1. The standard InChI is InChI=1S/C30H30N6O2/c1-6-7-8-27-20(2)11-22(33-27)19-36(24-12-25(37-4)15-26(13-24)38-5)23-9-10-28-29(14-23)34-30(17-31-28)21-16-32-35(3)18-21/h6-18,33H,2,19H2,1,3-5H3/b7-6-,27-8+. The maximum absolute atomic E-state index is 5.57. The summed E-state index contributed by atoms with van der Waals surface area (Å²) >= 11 is 0. The molecule has 0 aliphatic rings. The first-order valence-corrected chi connectivity index (χ1v) is 12.2. The number of fused-ring (bicyclic) bond motifs is 1. The van der Waals surface area contributed by atoms with Crippen LogP contribution in [0.5, 0.6) is 11.5 Å². The van der Waals surface area contributed by atoms with E-state index in [0.717, 1.165) is 49.9 Å². The molecule has 0 aliphatic heterocycles. The van der Waals surface area contributed by atoms with Crippen LogP contribution in [0, 0.1) is 0 Å². The largest absolute Gasteiger partial charge is 0.497 e. The van der Waals surface area contributed by atoms with Gasteiger partial charge in [0.05, 0.1) is 49.9 Å². The van der Waals surface area contributed by atoms with Crippen LogP contribution in [-0.4, -0.2) is 39.0 Å². The van der Waals surface area contributed by atoms with Gasteiger partial charge < -0.3 is 19.4 Å². The van der Waals surface area contributed by atoms with Gasteiger partial charge in [-0.1, -0.05) is 18.7 Å². The number of aromatic amines is 1. The highest BCUT2D eigenvalue weighted by atomic mass is 16.5. The van der Waals surface area contributed by atoms with Crippen LogP contribution < -0.4 is 24.9 Å². The van der Waals surface area contributed by atoms with E-state index in [1.54, 1.807) is 31.3 Å². The zero-order chi connectivity index (χ0) is 26.6. The molecule has 0 fully saturated rings. The molecule has 3 aromatic heterocycles. The number of nitrogens with one attached hydrogen (secondary N) is 1. The van der Waals surface area contributed by atoms with Gasteiger partial charge in [-0.2, -0.15) is 5.10 Å². The number of aryl methyl sites for hydroxylation is 1. The fourth-order valence-electron chi connectivity index (χ4n) is 4.31. The van der Waals surface area contributed by atoms with Crippen LogP contribution >= 0.6 is 0 Å². The van der Waals surface area contributed by atoms with Gasteiger partial charge in [-0.25, -0.2) is 4.98 Å². The van der Waals surface area contributed by atoms with E-state index in [0.29, 0.717) is 18.0 Å². The Hall–Kier alpha value is -4.85. The molecule has 5 rings (SSSR count). The van der Waals surface area contributed by atoms with Gasteiger partial charge in [-0.05, 0) is 42.5 Å². The summed E-state index contributed by atoms with van der Waals surface area (Å²) in [6.07, 6.45) is 11.5. The van der Waals surface area contributed by atoms with Crippen LogP contribution in [0.25, 0.3) is 34.9 Å². The third-order valence-electron chi connectivity index (χ3n) is 6.26. The van der Waals surface area contributed by atoms with Crippen molar-refractivity contribution in [1.29, 1.82) is 0 Å². The van der Waals surface area contributed by atoms with E-state index in [9.17, 15) is 0 Å². The third-order valence-corrected chi connectivity index (χ3v) is 6.26. The second-order valence-electron chi connectivity index (χ2n) is 8.91. The predicted octanol–water partition coefficient (Wildman–Crippen LogP) is 4.48. The normalized spacial score (nSPS) is 11.9. The first-order valence-electron chi connectivity index (χ1n) is 12.2. The lowest BCUT2D eigenvalue weighted by molar-refractivity contribution is 0.394. The van der Waals surface area contributed by atoms with Gasteiger partial charge in [0.2, 0.25) is 0 Å². The smallest absolute Gasteiger partial charge is 0.124 e. The summed E-state index contributed by atoms with van der Waals surface area (Å²) in [5.41, 5.74) is 6.17. The molecule has 0 radical (unpaired) electrons. The number of hydrogen-bond acceptors (Lipinski definition) is 6. The van der Waals surface area contributed by atoms with Crippen molar-refractivity contribution in [2.45, 2.75) is 13.5 Å².